The van der Waals surface area contributed by atoms with Crippen LogP contribution in [0.5, 0.6) is 0 Å². The van der Waals surface area contributed by atoms with Gasteiger partial charge in [0.25, 0.3) is 0 Å². The minimum Gasteiger partial charge on any atom is -0.354 e. The number of carbonyl (C=O) groups is 1. The van der Waals surface area contributed by atoms with Crippen molar-refractivity contribution in [2.45, 2.75) is 19.4 Å². The molecule has 2 aromatic carbocycles. The second-order valence-corrected chi connectivity index (χ2v) is 5.90. The van der Waals surface area contributed by atoms with Gasteiger partial charge in [0, 0.05) is 18.3 Å². The number of hydrogen-bond acceptors (Lipinski definition) is 4. The summed E-state index contributed by atoms with van der Waals surface area (Å²) in [4.78, 5) is 19.3. The molecule has 0 saturated heterocycles. The number of rotatable bonds is 6. The van der Waals surface area contributed by atoms with Crippen LogP contribution in [0, 0.1) is 6.92 Å². The lowest BCUT2D eigenvalue weighted by Gasteiger charge is -2.15. The van der Waals surface area contributed by atoms with Crippen LogP contribution in [0.4, 0.5) is 17.1 Å². The largest absolute Gasteiger partial charge is 0.354 e. The van der Waals surface area contributed by atoms with Gasteiger partial charge >= 0.3 is 0 Å². The summed E-state index contributed by atoms with van der Waals surface area (Å²) in [7, 11) is 0. The molecule has 1 heterocycles. The third kappa shape index (κ3) is 4.45. The van der Waals surface area contributed by atoms with Crippen LogP contribution in [0.1, 0.15) is 11.3 Å². The number of anilines is 3. The molecule has 0 saturated carbocycles. The van der Waals surface area contributed by atoms with E-state index in [4.69, 9.17) is 5.73 Å². The minimum absolute atomic E-state index is 0.249. The molecule has 0 radical (unpaired) electrons. The Balaban J connectivity index is 1.69. The summed E-state index contributed by atoms with van der Waals surface area (Å²) < 4.78 is 0. The Labute approximate surface area is 146 Å². The van der Waals surface area contributed by atoms with E-state index in [0.717, 1.165) is 17.1 Å². The number of nitrogens with zero attached hydrogens (tertiary/aromatic N) is 1. The van der Waals surface area contributed by atoms with Crippen molar-refractivity contribution >= 4 is 23.0 Å². The Morgan fingerprint density at radius 3 is 2.56 bits per heavy atom. The summed E-state index contributed by atoms with van der Waals surface area (Å²) >= 11 is 0. The molecule has 0 unspecified atom stereocenters. The maximum Gasteiger partial charge on any atom is 0.241 e. The van der Waals surface area contributed by atoms with Crippen LogP contribution in [0.2, 0.25) is 0 Å². The summed E-state index contributed by atoms with van der Waals surface area (Å²) in [6.45, 7) is 2.04. The van der Waals surface area contributed by atoms with Crippen LogP contribution in [-0.4, -0.2) is 21.9 Å². The van der Waals surface area contributed by atoms with Gasteiger partial charge in [0.05, 0.1) is 29.4 Å². The monoisotopic (exact) mass is 335 g/mol. The molecule has 0 fully saturated rings. The molecule has 3 rings (SSSR count). The smallest absolute Gasteiger partial charge is 0.241 e. The highest BCUT2D eigenvalue weighted by Gasteiger charge is 2.16. The van der Waals surface area contributed by atoms with Crippen molar-refractivity contribution in [3.05, 3.63) is 72.3 Å². The van der Waals surface area contributed by atoms with Gasteiger partial charge in [-0.2, -0.15) is 0 Å². The van der Waals surface area contributed by atoms with Crippen molar-refractivity contribution in [3.8, 4) is 0 Å². The third-order valence-corrected chi connectivity index (χ3v) is 3.84. The summed E-state index contributed by atoms with van der Waals surface area (Å²) in [6.07, 6.45) is 3.68. The molecule has 0 aliphatic heterocycles. The Hall–Kier alpha value is -3.12. The minimum atomic E-state index is -0.671. The normalized spacial score (nSPS) is 11.8. The first kappa shape index (κ1) is 16.7. The van der Waals surface area contributed by atoms with Crippen LogP contribution in [0.15, 0.2) is 61.1 Å². The number of para-hydroxylation sites is 2. The Kier molecular flexibility index (Phi) is 5.11. The molecule has 1 aromatic heterocycles. The number of imidazole rings is 1. The van der Waals surface area contributed by atoms with Crippen molar-refractivity contribution in [3.63, 3.8) is 0 Å². The lowest BCUT2D eigenvalue weighted by molar-refractivity contribution is -0.117. The van der Waals surface area contributed by atoms with Gasteiger partial charge in [0.15, 0.2) is 0 Å². The first-order valence-corrected chi connectivity index (χ1v) is 8.08. The lowest BCUT2D eigenvalue weighted by Crippen LogP contribution is -2.37. The molecule has 128 valence electrons. The number of amides is 1. The number of aromatic nitrogens is 2. The van der Waals surface area contributed by atoms with E-state index >= 15 is 0 Å². The number of aryl methyl sites for hydroxylation is 1. The quantitative estimate of drug-likeness (QED) is 0.557. The third-order valence-electron chi connectivity index (χ3n) is 3.84. The van der Waals surface area contributed by atoms with E-state index in [1.54, 1.807) is 12.5 Å². The average molecular weight is 335 g/mol. The van der Waals surface area contributed by atoms with Crippen LogP contribution in [0.25, 0.3) is 0 Å². The molecule has 0 spiro atoms. The van der Waals surface area contributed by atoms with Gasteiger partial charge < -0.3 is 21.4 Å². The number of nitrogens with two attached hydrogens (primary N) is 1. The molecule has 25 heavy (non-hydrogen) atoms. The second-order valence-electron chi connectivity index (χ2n) is 5.90. The van der Waals surface area contributed by atoms with E-state index in [1.165, 1.54) is 5.56 Å². The maximum atomic E-state index is 12.4. The van der Waals surface area contributed by atoms with Gasteiger partial charge in [-0.05, 0) is 31.2 Å². The molecule has 0 bridgehead atoms. The molecular formula is C19H21N5O. The first-order valence-electron chi connectivity index (χ1n) is 8.08. The summed E-state index contributed by atoms with van der Waals surface area (Å²) in [5.74, 6) is -0.249. The van der Waals surface area contributed by atoms with Crippen LogP contribution >= 0.6 is 0 Å². The summed E-state index contributed by atoms with van der Waals surface area (Å²) in [5.41, 5.74) is 10.4. The highest BCUT2D eigenvalue weighted by molar-refractivity contribution is 5.98. The molecule has 0 aliphatic carbocycles. The fourth-order valence-corrected chi connectivity index (χ4v) is 2.44. The predicted octanol–water partition coefficient (Wildman–Crippen LogP) is 2.97. The Bertz CT molecular complexity index is 827. The molecule has 1 amide bonds. The zero-order chi connectivity index (χ0) is 17.6. The lowest BCUT2D eigenvalue weighted by atomic mass is 10.1. The van der Waals surface area contributed by atoms with Gasteiger partial charge in [-0.1, -0.05) is 29.8 Å². The summed E-state index contributed by atoms with van der Waals surface area (Å²) in [6, 6.07) is 14.9. The maximum absolute atomic E-state index is 12.4. The van der Waals surface area contributed by atoms with Gasteiger partial charge in [0.2, 0.25) is 5.91 Å². The molecular weight excluding hydrogens is 314 g/mol. The standard InChI is InChI=1S/C19H21N5O/c1-13-6-8-14(9-7-13)23-17-4-2-3-5-18(17)24-19(25)16(20)10-15-11-21-12-22-15/h2-9,11-12,16,23H,10,20H2,1H3,(H,21,22)(H,24,25)/t16-/m0/s1. The molecule has 6 heteroatoms. The van der Waals surface area contributed by atoms with E-state index in [0.29, 0.717) is 12.1 Å². The van der Waals surface area contributed by atoms with Gasteiger partial charge in [-0.25, -0.2) is 4.98 Å². The molecule has 6 nitrogen and oxygen atoms in total. The zero-order valence-corrected chi connectivity index (χ0v) is 14.0. The number of benzene rings is 2. The first-order chi connectivity index (χ1) is 12.1. The topological polar surface area (TPSA) is 95.8 Å². The van der Waals surface area contributed by atoms with Gasteiger partial charge in [-0.3, -0.25) is 4.79 Å². The SMILES string of the molecule is Cc1ccc(Nc2ccccc2NC(=O)[C@@H](N)Cc2c[nH]cn2)cc1. The average Bonchev–Trinajstić information content (AvgIpc) is 3.11. The predicted molar refractivity (Wildman–Crippen MR) is 99.8 cm³/mol. The molecule has 5 N–H and O–H groups in total. The fraction of sp³-hybridized carbons (Fsp3) is 0.158. The van der Waals surface area contributed by atoms with E-state index < -0.39 is 6.04 Å². The van der Waals surface area contributed by atoms with Gasteiger partial charge in [-0.15, -0.1) is 0 Å². The highest BCUT2D eigenvalue weighted by atomic mass is 16.2. The number of nitrogens with one attached hydrogen (secondary N) is 3. The van der Waals surface area contributed by atoms with E-state index in [2.05, 4.69) is 20.6 Å². The van der Waals surface area contributed by atoms with Crippen LogP contribution < -0.4 is 16.4 Å². The van der Waals surface area contributed by atoms with Gasteiger partial charge in [0.1, 0.15) is 0 Å². The van der Waals surface area contributed by atoms with Crippen molar-refractivity contribution < 1.29 is 4.79 Å². The van der Waals surface area contributed by atoms with E-state index in [1.807, 2.05) is 55.5 Å². The molecule has 3 aromatic rings. The van der Waals surface area contributed by atoms with Crippen molar-refractivity contribution in [1.82, 2.24) is 9.97 Å². The van der Waals surface area contributed by atoms with E-state index in [9.17, 15) is 4.79 Å². The van der Waals surface area contributed by atoms with Crippen molar-refractivity contribution in [1.29, 1.82) is 0 Å². The number of carbonyl (C=O) groups excluding carboxylic acids is 1. The number of H-pyrrole nitrogens is 1. The Morgan fingerprint density at radius 2 is 1.88 bits per heavy atom. The second kappa shape index (κ2) is 7.63. The highest BCUT2D eigenvalue weighted by Crippen LogP contribution is 2.25. The number of aromatic amines is 1. The van der Waals surface area contributed by atoms with Crippen molar-refractivity contribution in [2.75, 3.05) is 10.6 Å². The van der Waals surface area contributed by atoms with Crippen LogP contribution in [-0.2, 0) is 11.2 Å². The van der Waals surface area contributed by atoms with Crippen molar-refractivity contribution in [2.24, 2.45) is 5.73 Å². The number of hydrogen-bond donors (Lipinski definition) is 4. The summed E-state index contributed by atoms with van der Waals surface area (Å²) in [5, 5.41) is 6.21. The van der Waals surface area contributed by atoms with Crippen LogP contribution in [0.3, 0.4) is 0 Å². The van der Waals surface area contributed by atoms with E-state index in [-0.39, 0.29) is 5.91 Å². The fourth-order valence-electron chi connectivity index (χ4n) is 2.44. The zero-order valence-electron chi connectivity index (χ0n) is 14.0. The molecule has 1 atom stereocenters. The Morgan fingerprint density at radius 1 is 1.16 bits per heavy atom. The molecule has 0 aliphatic rings.